The normalized spacial score (nSPS) is 12.8. The molecule has 3 N–H and O–H groups in total. The summed E-state index contributed by atoms with van der Waals surface area (Å²) < 4.78 is 1.16. The van der Waals surface area contributed by atoms with Crippen LogP contribution in [0.5, 0.6) is 0 Å². The smallest absolute Gasteiger partial charge is 0.0464 e. The van der Waals surface area contributed by atoms with Gasteiger partial charge in [0, 0.05) is 43.5 Å². The maximum absolute atomic E-state index is 6.18. The van der Waals surface area contributed by atoms with Gasteiger partial charge < -0.3 is 11.1 Å². The number of aryl methyl sites for hydroxylation is 4. The Morgan fingerprint density at radius 3 is 1.27 bits per heavy atom. The summed E-state index contributed by atoms with van der Waals surface area (Å²) in [4.78, 5) is 0. The molecule has 2 nitrogen and oxygen atoms in total. The number of nitrogens with one attached hydrogen (secondary N) is 1. The minimum Gasteiger partial charge on any atom is -0.398 e. The van der Waals surface area contributed by atoms with Crippen LogP contribution in [0, 0.1) is 27.7 Å². The number of hydrogen-bond acceptors (Lipinski definition) is 2. The molecule has 0 fully saturated rings. The molecular weight excluding hydrogens is 961 g/mol. The third-order valence-corrected chi connectivity index (χ3v) is 15.3. The molecule has 0 spiro atoms. The molecule has 0 aromatic heterocycles. The topological polar surface area (TPSA) is 38.0 Å². The van der Waals surface area contributed by atoms with E-state index in [9.17, 15) is 0 Å². The Bertz CT molecular complexity index is 3690. The van der Waals surface area contributed by atoms with Crippen molar-refractivity contribution in [2.24, 2.45) is 0 Å². The molecule has 0 atom stereocenters. The molecule has 0 heterocycles. The number of halogens is 1. The summed E-state index contributed by atoms with van der Waals surface area (Å²) in [6.07, 6.45) is 0. The van der Waals surface area contributed by atoms with Gasteiger partial charge in [-0.05, 0) is 154 Å². The zero-order chi connectivity index (χ0) is 51.0. The van der Waals surface area contributed by atoms with Crippen molar-refractivity contribution in [3.8, 4) is 66.8 Å². The Morgan fingerprint density at radius 1 is 0.338 bits per heavy atom. The van der Waals surface area contributed by atoms with Crippen molar-refractivity contribution >= 4 is 33.0 Å². The molecule has 0 bridgehead atoms. The highest BCUT2D eigenvalue weighted by Crippen LogP contribution is 2.51. The van der Waals surface area contributed by atoms with Gasteiger partial charge in [0.25, 0.3) is 0 Å². The molecule has 0 amide bonds. The Morgan fingerprint density at radius 2 is 0.743 bits per heavy atom. The van der Waals surface area contributed by atoms with E-state index in [0.29, 0.717) is 0 Å². The number of rotatable bonds is 6. The van der Waals surface area contributed by atoms with E-state index < -0.39 is 0 Å². The average Bonchev–Trinajstić information content (AvgIpc) is 3.77. The number of hydrogen-bond donors (Lipinski definition) is 2. The SMILES string of the molecule is C.CC1(C)c2ccccc2-c2ccc(Br)cc21.Cc1cccc(-c2ccc(N)c(-c3cccc(C)c3)c2)c1.Cc1cccc(-c2ccc(Nc3ccc4c(c3)C(C)(C)c3ccccc3-4)c(-c3cccc(C)c3)c2)c1. The van der Waals surface area contributed by atoms with Gasteiger partial charge in [-0.25, -0.2) is 0 Å². The van der Waals surface area contributed by atoms with E-state index in [2.05, 4.69) is 289 Å². The van der Waals surface area contributed by atoms with Crippen LogP contribution < -0.4 is 11.1 Å². The van der Waals surface area contributed by atoms with E-state index in [1.54, 1.807) is 0 Å². The van der Waals surface area contributed by atoms with Crippen molar-refractivity contribution in [1.29, 1.82) is 0 Å². The average molecular weight is 1030 g/mol. The van der Waals surface area contributed by atoms with Crippen molar-refractivity contribution < 1.29 is 0 Å². The molecule has 368 valence electrons. The Labute approximate surface area is 449 Å². The Hall–Kier alpha value is -7.72. The third kappa shape index (κ3) is 10.3. The van der Waals surface area contributed by atoms with E-state index in [-0.39, 0.29) is 18.3 Å². The van der Waals surface area contributed by atoms with E-state index in [0.717, 1.165) is 27.1 Å². The van der Waals surface area contributed by atoms with E-state index in [1.165, 1.54) is 106 Å². The van der Waals surface area contributed by atoms with Gasteiger partial charge in [-0.15, -0.1) is 0 Å². The number of nitrogens with two attached hydrogens (primary N) is 1. The highest BCUT2D eigenvalue weighted by atomic mass is 79.9. The van der Waals surface area contributed by atoms with Crippen LogP contribution in [0.15, 0.2) is 223 Å². The molecule has 0 aliphatic heterocycles. The van der Waals surface area contributed by atoms with Crippen LogP contribution in [0.4, 0.5) is 17.1 Å². The largest absolute Gasteiger partial charge is 0.398 e. The van der Waals surface area contributed by atoms with Crippen LogP contribution in [-0.4, -0.2) is 0 Å². The molecule has 0 radical (unpaired) electrons. The van der Waals surface area contributed by atoms with Crippen molar-refractivity contribution in [3.05, 3.63) is 267 Å². The molecule has 3 heteroatoms. The second-order valence-corrected chi connectivity index (χ2v) is 21.9. The second-order valence-electron chi connectivity index (χ2n) is 21.0. The summed E-state index contributed by atoms with van der Waals surface area (Å²) >= 11 is 3.56. The predicted molar refractivity (Wildman–Crippen MR) is 324 cm³/mol. The van der Waals surface area contributed by atoms with Gasteiger partial charge in [0.05, 0.1) is 0 Å². The molecule has 0 saturated carbocycles. The van der Waals surface area contributed by atoms with Crippen LogP contribution in [0.3, 0.4) is 0 Å². The minimum atomic E-state index is -0.0159. The first-order valence-electron chi connectivity index (χ1n) is 25.4. The lowest BCUT2D eigenvalue weighted by atomic mass is 9.82. The van der Waals surface area contributed by atoms with E-state index >= 15 is 0 Å². The zero-order valence-electron chi connectivity index (χ0n) is 43.2. The molecule has 2 aliphatic carbocycles. The number of anilines is 3. The van der Waals surface area contributed by atoms with Gasteiger partial charge in [0.15, 0.2) is 0 Å². The lowest BCUT2D eigenvalue weighted by molar-refractivity contribution is 0.660. The third-order valence-electron chi connectivity index (χ3n) is 14.8. The lowest BCUT2D eigenvalue weighted by Gasteiger charge is -2.22. The fourth-order valence-electron chi connectivity index (χ4n) is 10.9. The summed E-state index contributed by atoms with van der Waals surface area (Å²) in [5, 5.41) is 3.77. The summed E-state index contributed by atoms with van der Waals surface area (Å²) in [5.74, 6) is 0. The fourth-order valence-corrected chi connectivity index (χ4v) is 11.3. The zero-order valence-corrected chi connectivity index (χ0v) is 44.8. The minimum absolute atomic E-state index is 0. The van der Waals surface area contributed by atoms with Crippen LogP contribution >= 0.6 is 15.9 Å². The predicted octanol–water partition coefficient (Wildman–Crippen LogP) is 20.3. The summed E-state index contributed by atoms with van der Waals surface area (Å²) in [6, 6.07) is 78.4. The van der Waals surface area contributed by atoms with Crippen molar-refractivity contribution in [3.63, 3.8) is 0 Å². The molecule has 12 rings (SSSR count). The van der Waals surface area contributed by atoms with Gasteiger partial charge in [-0.1, -0.05) is 243 Å². The van der Waals surface area contributed by atoms with Crippen LogP contribution in [0.1, 0.15) is 79.6 Å². The molecule has 10 aromatic rings. The summed E-state index contributed by atoms with van der Waals surface area (Å²) in [5.41, 5.74) is 35.1. The molecule has 0 unspecified atom stereocenters. The number of fused-ring (bicyclic) bond motifs is 6. The van der Waals surface area contributed by atoms with Gasteiger partial charge >= 0.3 is 0 Å². The van der Waals surface area contributed by atoms with E-state index in [4.69, 9.17) is 5.73 Å². The maximum Gasteiger partial charge on any atom is 0.0464 e. The maximum atomic E-state index is 6.18. The molecular formula is C71H67BrN2. The number of benzene rings is 10. The second kappa shape index (κ2) is 21.0. The first kappa shape index (κ1) is 51.2. The molecule has 0 saturated heterocycles. The lowest BCUT2D eigenvalue weighted by Crippen LogP contribution is -2.15. The first-order valence-corrected chi connectivity index (χ1v) is 26.2. The highest BCUT2D eigenvalue weighted by Gasteiger charge is 2.36. The highest BCUT2D eigenvalue weighted by molar-refractivity contribution is 9.10. The molecule has 10 aromatic carbocycles. The molecule has 74 heavy (non-hydrogen) atoms. The summed E-state index contributed by atoms with van der Waals surface area (Å²) in [6.45, 7) is 17.8. The fraction of sp³-hybridized carbons (Fsp3) is 0.155. The Kier molecular flexibility index (Phi) is 14.5. The van der Waals surface area contributed by atoms with E-state index in [1.807, 2.05) is 6.07 Å². The van der Waals surface area contributed by atoms with Crippen molar-refractivity contribution in [1.82, 2.24) is 0 Å². The van der Waals surface area contributed by atoms with Crippen LogP contribution in [0.2, 0.25) is 0 Å². The number of nitrogen functional groups attached to an aromatic ring is 1. The monoisotopic (exact) mass is 1030 g/mol. The van der Waals surface area contributed by atoms with Crippen molar-refractivity contribution in [2.75, 3.05) is 11.1 Å². The Balaban J connectivity index is 0.000000150. The molecule has 2 aliphatic rings. The van der Waals surface area contributed by atoms with Gasteiger partial charge in [-0.2, -0.15) is 0 Å². The van der Waals surface area contributed by atoms with Gasteiger partial charge in [0.2, 0.25) is 0 Å². The van der Waals surface area contributed by atoms with Crippen molar-refractivity contribution in [2.45, 2.75) is 73.6 Å². The first-order chi connectivity index (χ1) is 35.1. The van der Waals surface area contributed by atoms with Gasteiger partial charge in [-0.3, -0.25) is 0 Å². The van der Waals surface area contributed by atoms with Crippen LogP contribution in [0.25, 0.3) is 66.8 Å². The standard InChI is InChI=1S/C35H31N.C20H19N.C15H13Br.CH4/c1-23-9-7-11-25(19-23)26-15-18-34(31(21-26)27-12-8-10-24(2)20-27)36-28-16-17-30-29-13-5-6-14-32(29)35(3,4)33(30)22-28;1-14-5-3-7-16(11-14)17-9-10-20(21)19(13-17)18-8-4-6-15(2)12-18;1-15(2)13-6-4-3-5-11(13)12-8-7-10(16)9-14(12)15;/h5-22,36H,1-4H3;3-13H,21H2,1-2H3;3-9H,1-2H3;1H4. The quantitative estimate of drug-likeness (QED) is 0.163. The van der Waals surface area contributed by atoms with Gasteiger partial charge in [0.1, 0.15) is 0 Å². The van der Waals surface area contributed by atoms with Crippen LogP contribution in [-0.2, 0) is 10.8 Å². The summed E-state index contributed by atoms with van der Waals surface area (Å²) in [7, 11) is 0.